The number of furan rings is 1. The third kappa shape index (κ3) is 1.88. The molecule has 0 aliphatic carbocycles. The van der Waals surface area contributed by atoms with Crippen LogP contribution in [0.1, 0.15) is 32.6 Å². The third-order valence-corrected chi connectivity index (χ3v) is 3.39. The number of hydrogen-bond donors (Lipinski definition) is 0. The van der Waals surface area contributed by atoms with Gasteiger partial charge in [-0.2, -0.15) is 0 Å². The molecule has 2 heterocycles. The van der Waals surface area contributed by atoms with Crippen molar-refractivity contribution in [1.29, 1.82) is 0 Å². The van der Waals surface area contributed by atoms with Gasteiger partial charge in [-0.25, -0.2) is 0 Å². The largest absolute Gasteiger partial charge is 0.472 e. The van der Waals surface area contributed by atoms with Crippen LogP contribution in [0.5, 0.6) is 0 Å². The van der Waals surface area contributed by atoms with Crippen molar-refractivity contribution in [1.82, 2.24) is 0 Å². The molecule has 0 aromatic carbocycles. The average Bonchev–Trinajstić information content (AvgIpc) is 2.84. The van der Waals surface area contributed by atoms with Gasteiger partial charge in [-0.15, -0.1) is 11.3 Å². The standard InChI is InChI=1S/C12H12O2S/c1-3-9-6-8(2)15-12(9)11(13)10-4-5-14-7-10/h4-7H,3H2,1-2H3. The van der Waals surface area contributed by atoms with Gasteiger partial charge in [-0.05, 0) is 31.0 Å². The zero-order chi connectivity index (χ0) is 10.8. The summed E-state index contributed by atoms with van der Waals surface area (Å²) in [6.45, 7) is 4.09. The van der Waals surface area contributed by atoms with Crippen molar-refractivity contribution in [3.63, 3.8) is 0 Å². The molecule has 0 atom stereocenters. The van der Waals surface area contributed by atoms with Crippen molar-refractivity contribution in [2.24, 2.45) is 0 Å². The quantitative estimate of drug-likeness (QED) is 0.742. The van der Waals surface area contributed by atoms with Gasteiger partial charge >= 0.3 is 0 Å². The highest BCUT2D eigenvalue weighted by molar-refractivity contribution is 7.14. The molecule has 0 amide bonds. The Bertz CT molecular complexity index is 466. The van der Waals surface area contributed by atoms with Crippen LogP contribution in [-0.4, -0.2) is 5.78 Å². The summed E-state index contributed by atoms with van der Waals surface area (Å²) in [5, 5.41) is 0. The van der Waals surface area contributed by atoms with Gasteiger partial charge < -0.3 is 4.42 Å². The second-order valence-electron chi connectivity index (χ2n) is 3.41. The summed E-state index contributed by atoms with van der Waals surface area (Å²) < 4.78 is 4.92. The Hall–Kier alpha value is -1.35. The van der Waals surface area contributed by atoms with Gasteiger partial charge in [0.15, 0.2) is 0 Å². The van der Waals surface area contributed by atoms with E-state index >= 15 is 0 Å². The molecule has 0 radical (unpaired) electrons. The Kier molecular flexibility index (Phi) is 2.73. The maximum atomic E-state index is 12.1. The lowest BCUT2D eigenvalue weighted by Crippen LogP contribution is -1.99. The molecule has 78 valence electrons. The predicted molar refractivity (Wildman–Crippen MR) is 60.6 cm³/mol. The minimum Gasteiger partial charge on any atom is -0.472 e. The first-order chi connectivity index (χ1) is 7.22. The Morgan fingerprint density at radius 2 is 2.33 bits per heavy atom. The number of aryl methyl sites for hydroxylation is 2. The highest BCUT2D eigenvalue weighted by Gasteiger charge is 2.16. The van der Waals surface area contributed by atoms with E-state index in [1.54, 1.807) is 17.4 Å². The van der Waals surface area contributed by atoms with E-state index in [1.165, 1.54) is 17.4 Å². The fourth-order valence-corrected chi connectivity index (χ4v) is 2.61. The van der Waals surface area contributed by atoms with Crippen LogP contribution in [0.4, 0.5) is 0 Å². The Balaban J connectivity index is 2.41. The highest BCUT2D eigenvalue weighted by Crippen LogP contribution is 2.25. The molecule has 0 unspecified atom stereocenters. The molecule has 2 aromatic rings. The van der Waals surface area contributed by atoms with Crippen LogP contribution in [0, 0.1) is 6.92 Å². The smallest absolute Gasteiger partial charge is 0.206 e. The summed E-state index contributed by atoms with van der Waals surface area (Å²) >= 11 is 1.55. The molecular weight excluding hydrogens is 208 g/mol. The molecule has 2 aromatic heterocycles. The van der Waals surface area contributed by atoms with E-state index in [2.05, 4.69) is 13.0 Å². The van der Waals surface area contributed by atoms with E-state index in [0.29, 0.717) is 5.56 Å². The lowest BCUT2D eigenvalue weighted by Gasteiger charge is -1.96. The number of ketones is 1. The second-order valence-corrected chi connectivity index (χ2v) is 4.66. The summed E-state index contributed by atoms with van der Waals surface area (Å²) in [4.78, 5) is 14.1. The fraction of sp³-hybridized carbons (Fsp3) is 0.250. The van der Waals surface area contributed by atoms with Crippen molar-refractivity contribution in [2.75, 3.05) is 0 Å². The lowest BCUT2D eigenvalue weighted by molar-refractivity contribution is 0.104. The third-order valence-electron chi connectivity index (χ3n) is 2.30. The fourth-order valence-electron chi connectivity index (χ4n) is 1.55. The number of hydrogen-bond acceptors (Lipinski definition) is 3. The number of carbonyl (C=O) groups excluding carboxylic acids is 1. The molecular formula is C12H12O2S. The van der Waals surface area contributed by atoms with Crippen molar-refractivity contribution < 1.29 is 9.21 Å². The first-order valence-electron chi connectivity index (χ1n) is 4.88. The zero-order valence-electron chi connectivity index (χ0n) is 8.74. The Labute approximate surface area is 92.5 Å². The first kappa shape index (κ1) is 10.2. The maximum Gasteiger partial charge on any atom is 0.206 e. The van der Waals surface area contributed by atoms with Crippen LogP contribution in [-0.2, 0) is 6.42 Å². The molecule has 0 saturated carbocycles. The van der Waals surface area contributed by atoms with Gasteiger partial charge in [-0.3, -0.25) is 4.79 Å². The SMILES string of the molecule is CCc1cc(C)sc1C(=O)c1ccoc1. The summed E-state index contributed by atoms with van der Waals surface area (Å²) in [6.07, 6.45) is 3.92. The predicted octanol–water partition coefficient (Wildman–Crippen LogP) is 3.44. The molecule has 0 spiro atoms. The number of thiophene rings is 1. The summed E-state index contributed by atoms with van der Waals surface area (Å²) in [5.41, 5.74) is 1.76. The van der Waals surface area contributed by atoms with Gasteiger partial charge in [0.1, 0.15) is 6.26 Å². The molecule has 15 heavy (non-hydrogen) atoms. The molecule has 3 heteroatoms. The molecule has 0 fully saturated rings. The van der Waals surface area contributed by atoms with Gasteiger partial charge in [-0.1, -0.05) is 6.92 Å². The minimum absolute atomic E-state index is 0.0682. The molecule has 2 nitrogen and oxygen atoms in total. The molecule has 0 saturated heterocycles. The van der Waals surface area contributed by atoms with E-state index in [-0.39, 0.29) is 5.78 Å². The van der Waals surface area contributed by atoms with E-state index < -0.39 is 0 Å². The van der Waals surface area contributed by atoms with Gasteiger partial charge in [0.05, 0.1) is 16.7 Å². The van der Waals surface area contributed by atoms with Crippen molar-refractivity contribution >= 4 is 17.1 Å². The Morgan fingerprint density at radius 3 is 2.93 bits per heavy atom. The molecule has 0 bridgehead atoms. The molecule has 0 aliphatic rings. The van der Waals surface area contributed by atoms with E-state index in [1.807, 2.05) is 6.92 Å². The molecule has 2 rings (SSSR count). The van der Waals surface area contributed by atoms with Gasteiger partial charge in [0.2, 0.25) is 5.78 Å². The van der Waals surface area contributed by atoms with Crippen molar-refractivity contribution in [3.05, 3.63) is 45.5 Å². The maximum absolute atomic E-state index is 12.1. The highest BCUT2D eigenvalue weighted by atomic mass is 32.1. The number of rotatable bonds is 3. The van der Waals surface area contributed by atoms with Crippen LogP contribution in [0.15, 0.2) is 29.1 Å². The zero-order valence-corrected chi connectivity index (χ0v) is 9.56. The van der Waals surface area contributed by atoms with Crippen LogP contribution in [0.3, 0.4) is 0 Å². The Morgan fingerprint density at radius 1 is 1.53 bits per heavy atom. The van der Waals surface area contributed by atoms with E-state index in [0.717, 1.165) is 16.9 Å². The van der Waals surface area contributed by atoms with Crippen LogP contribution in [0.25, 0.3) is 0 Å². The number of carbonyl (C=O) groups is 1. The topological polar surface area (TPSA) is 30.2 Å². The lowest BCUT2D eigenvalue weighted by atomic mass is 10.1. The van der Waals surface area contributed by atoms with E-state index in [4.69, 9.17) is 4.42 Å². The monoisotopic (exact) mass is 220 g/mol. The summed E-state index contributed by atoms with van der Waals surface area (Å²) in [7, 11) is 0. The molecule has 0 N–H and O–H groups in total. The van der Waals surface area contributed by atoms with Gasteiger partial charge in [0.25, 0.3) is 0 Å². The summed E-state index contributed by atoms with van der Waals surface area (Å²) in [6, 6.07) is 3.79. The van der Waals surface area contributed by atoms with Crippen molar-refractivity contribution in [2.45, 2.75) is 20.3 Å². The van der Waals surface area contributed by atoms with Gasteiger partial charge in [0, 0.05) is 4.88 Å². The van der Waals surface area contributed by atoms with Crippen LogP contribution in [0.2, 0.25) is 0 Å². The van der Waals surface area contributed by atoms with Crippen molar-refractivity contribution in [3.8, 4) is 0 Å². The normalized spacial score (nSPS) is 10.5. The van der Waals surface area contributed by atoms with Crippen LogP contribution < -0.4 is 0 Å². The van der Waals surface area contributed by atoms with E-state index in [9.17, 15) is 4.79 Å². The van der Waals surface area contributed by atoms with Crippen LogP contribution >= 0.6 is 11.3 Å². The first-order valence-corrected chi connectivity index (χ1v) is 5.70. The average molecular weight is 220 g/mol. The minimum atomic E-state index is 0.0682. The second kappa shape index (κ2) is 4.03. The molecule has 0 aliphatic heterocycles. The summed E-state index contributed by atoms with van der Waals surface area (Å²) in [5.74, 6) is 0.0682.